The third-order valence-corrected chi connectivity index (χ3v) is 6.36. The quantitative estimate of drug-likeness (QED) is 0.124. The van der Waals surface area contributed by atoms with Crippen molar-refractivity contribution in [3.05, 3.63) is 134 Å². The van der Waals surface area contributed by atoms with Crippen molar-refractivity contribution in [3.8, 4) is 33.6 Å². The SMILES string of the molecule is N=C(Nc1ccc(-c2ccccc2)nn1)Nc1ccccc1Nc1nccc(-c2ccc(-c3ccccc3)cc2)n1. The minimum absolute atomic E-state index is 0.0502. The second-order valence-electron chi connectivity index (χ2n) is 9.17. The van der Waals surface area contributed by atoms with Crippen molar-refractivity contribution in [2.24, 2.45) is 0 Å². The van der Waals surface area contributed by atoms with Crippen LogP contribution in [0.5, 0.6) is 0 Å². The van der Waals surface area contributed by atoms with E-state index in [2.05, 4.69) is 67.5 Å². The van der Waals surface area contributed by atoms with Gasteiger partial charge in [-0.05, 0) is 41.5 Å². The molecule has 4 aromatic carbocycles. The third kappa shape index (κ3) is 6.23. The molecule has 0 aliphatic rings. The lowest BCUT2D eigenvalue weighted by atomic mass is 10.0. The molecule has 2 aromatic heterocycles. The summed E-state index contributed by atoms with van der Waals surface area (Å²) in [7, 11) is 0. The lowest BCUT2D eigenvalue weighted by Gasteiger charge is -2.14. The first kappa shape index (κ1) is 25.4. The van der Waals surface area contributed by atoms with Gasteiger partial charge in [0.1, 0.15) is 0 Å². The average Bonchev–Trinajstić information content (AvgIpc) is 3.03. The summed E-state index contributed by atoms with van der Waals surface area (Å²) in [5.74, 6) is 0.960. The monoisotopic (exact) mass is 534 g/mol. The van der Waals surface area contributed by atoms with Crippen LogP contribution in [0.2, 0.25) is 0 Å². The Morgan fingerprint density at radius 3 is 1.83 bits per heavy atom. The molecule has 6 rings (SSSR count). The Hall–Kier alpha value is -5.89. The van der Waals surface area contributed by atoms with Crippen molar-refractivity contribution in [1.82, 2.24) is 20.2 Å². The third-order valence-electron chi connectivity index (χ3n) is 6.36. The van der Waals surface area contributed by atoms with E-state index in [1.807, 2.05) is 84.9 Å². The zero-order valence-electron chi connectivity index (χ0n) is 22.0. The molecule has 41 heavy (non-hydrogen) atoms. The number of aromatic nitrogens is 4. The zero-order chi connectivity index (χ0) is 27.9. The molecular formula is C33H26N8. The second-order valence-corrected chi connectivity index (χ2v) is 9.17. The van der Waals surface area contributed by atoms with Crippen LogP contribution in [0.1, 0.15) is 0 Å². The van der Waals surface area contributed by atoms with Crippen molar-refractivity contribution < 1.29 is 0 Å². The molecular weight excluding hydrogens is 508 g/mol. The van der Waals surface area contributed by atoms with E-state index in [0.717, 1.165) is 33.8 Å². The smallest absolute Gasteiger partial charge is 0.227 e. The summed E-state index contributed by atoms with van der Waals surface area (Å²) in [6.07, 6.45) is 1.73. The van der Waals surface area contributed by atoms with Gasteiger partial charge in [0.05, 0.1) is 22.8 Å². The van der Waals surface area contributed by atoms with E-state index < -0.39 is 0 Å². The van der Waals surface area contributed by atoms with Crippen LogP contribution in [0.4, 0.5) is 23.1 Å². The van der Waals surface area contributed by atoms with Gasteiger partial charge in [0.25, 0.3) is 0 Å². The first-order valence-electron chi connectivity index (χ1n) is 13.1. The summed E-state index contributed by atoms with van der Waals surface area (Å²) in [6.45, 7) is 0. The predicted molar refractivity (Wildman–Crippen MR) is 165 cm³/mol. The van der Waals surface area contributed by atoms with E-state index in [1.54, 1.807) is 12.3 Å². The number of para-hydroxylation sites is 2. The van der Waals surface area contributed by atoms with Gasteiger partial charge in [-0.15, -0.1) is 10.2 Å². The van der Waals surface area contributed by atoms with Crippen LogP contribution >= 0.6 is 0 Å². The maximum Gasteiger partial charge on any atom is 0.227 e. The number of hydrogen-bond acceptors (Lipinski definition) is 6. The lowest BCUT2D eigenvalue weighted by molar-refractivity contribution is 1.04. The summed E-state index contributed by atoms with van der Waals surface area (Å²) < 4.78 is 0. The predicted octanol–water partition coefficient (Wildman–Crippen LogP) is 7.47. The Balaban J connectivity index is 1.13. The highest BCUT2D eigenvalue weighted by Gasteiger charge is 2.09. The number of nitrogens with zero attached hydrogens (tertiary/aromatic N) is 4. The van der Waals surface area contributed by atoms with Crippen molar-refractivity contribution in [1.29, 1.82) is 5.41 Å². The Morgan fingerprint density at radius 1 is 0.512 bits per heavy atom. The Bertz CT molecular complexity index is 1750. The maximum absolute atomic E-state index is 8.43. The van der Waals surface area contributed by atoms with E-state index in [0.29, 0.717) is 17.5 Å². The zero-order valence-corrected chi connectivity index (χ0v) is 22.0. The average molecular weight is 535 g/mol. The molecule has 0 aliphatic heterocycles. The lowest BCUT2D eigenvalue weighted by Crippen LogP contribution is -2.22. The summed E-state index contributed by atoms with van der Waals surface area (Å²) in [6, 6.07) is 41.5. The topological polar surface area (TPSA) is 112 Å². The van der Waals surface area contributed by atoms with Crippen LogP contribution in [-0.4, -0.2) is 26.1 Å². The summed E-state index contributed by atoms with van der Waals surface area (Å²) in [5, 5.41) is 26.2. The van der Waals surface area contributed by atoms with Gasteiger partial charge in [0.2, 0.25) is 5.95 Å². The van der Waals surface area contributed by atoms with Crippen molar-refractivity contribution >= 4 is 29.1 Å². The number of rotatable bonds is 7. The standard InChI is InChI=1S/C33H26N8/c34-32(39-31-20-19-28(40-41-31)25-11-5-2-6-12-25)36-29-13-7-8-14-30(29)38-33-35-22-21-27(37-33)26-17-15-24(16-18-26)23-9-3-1-4-10-23/h1-22H,(H,35,37,38)(H3,34,36,39,41). The van der Waals surface area contributed by atoms with Gasteiger partial charge in [-0.25, -0.2) is 9.97 Å². The summed E-state index contributed by atoms with van der Waals surface area (Å²) >= 11 is 0. The van der Waals surface area contributed by atoms with Crippen molar-refractivity contribution in [2.45, 2.75) is 0 Å². The molecule has 198 valence electrons. The van der Waals surface area contributed by atoms with Crippen LogP contribution in [0.25, 0.3) is 33.6 Å². The molecule has 8 nitrogen and oxygen atoms in total. The first-order chi connectivity index (χ1) is 20.2. The Morgan fingerprint density at radius 2 is 1.12 bits per heavy atom. The molecule has 0 atom stereocenters. The maximum atomic E-state index is 8.43. The van der Waals surface area contributed by atoms with Gasteiger partial charge in [-0.1, -0.05) is 97.1 Å². The molecule has 0 amide bonds. The molecule has 0 radical (unpaired) electrons. The molecule has 0 unspecified atom stereocenters. The second kappa shape index (κ2) is 11.9. The van der Waals surface area contributed by atoms with E-state index in [1.165, 1.54) is 5.56 Å². The molecule has 4 N–H and O–H groups in total. The van der Waals surface area contributed by atoms with Crippen LogP contribution in [0.15, 0.2) is 134 Å². The van der Waals surface area contributed by atoms with E-state index in [4.69, 9.17) is 10.4 Å². The van der Waals surface area contributed by atoms with Gasteiger partial charge in [0.15, 0.2) is 11.8 Å². The van der Waals surface area contributed by atoms with E-state index in [-0.39, 0.29) is 5.96 Å². The first-order valence-corrected chi connectivity index (χ1v) is 13.1. The number of guanidine groups is 1. The fourth-order valence-corrected chi connectivity index (χ4v) is 4.32. The van der Waals surface area contributed by atoms with Crippen LogP contribution in [0, 0.1) is 5.41 Å². The molecule has 0 aliphatic carbocycles. The van der Waals surface area contributed by atoms with Gasteiger partial charge < -0.3 is 16.0 Å². The highest BCUT2D eigenvalue weighted by atomic mass is 15.2. The van der Waals surface area contributed by atoms with Gasteiger partial charge >= 0.3 is 0 Å². The number of anilines is 4. The molecule has 0 fully saturated rings. The molecule has 0 bridgehead atoms. The summed E-state index contributed by atoms with van der Waals surface area (Å²) in [4.78, 5) is 9.13. The summed E-state index contributed by atoms with van der Waals surface area (Å²) in [5.41, 5.74) is 7.27. The van der Waals surface area contributed by atoms with Crippen LogP contribution in [0.3, 0.4) is 0 Å². The highest BCUT2D eigenvalue weighted by Crippen LogP contribution is 2.27. The van der Waals surface area contributed by atoms with E-state index >= 15 is 0 Å². The number of nitrogens with one attached hydrogen (secondary N) is 4. The van der Waals surface area contributed by atoms with Crippen LogP contribution in [-0.2, 0) is 0 Å². The largest absolute Gasteiger partial charge is 0.324 e. The minimum Gasteiger partial charge on any atom is -0.324 e. The van der Waals surface area contributed by atoms with Crippen LogP contribution < -0.4 is 16.0 Å². The van der Waals surface area contributed by atoms with Gasteiger partial charge in [-0.3, -0.25) is 5.41 Å². The van der Waals surface area contributed by atoms with Crippen molar-refractivity contribution in [2.75, 3.05) is 16.0 Å². The van der Waals surface area contributed by atoms with E-state index in [9.17, 15) is 0 Å². The Kier molecular flexibility index (Phi) is 7.36. The fraction of sp³-hybridized carbons (Fsp3) is 0. The number of benzene rings is 4. The highest BCUT2D eigenvalue weighted by molar-refractivity contribution is 6.03. The van der Waals surface area contributed by atoms with Gasteiger partial charge in [0, 0.05) is 17.3 Å². The van der Waals surface area contributed by atoms with Crippen molar-refractivity contribution in [3.63, 3.8) is 0 Å². The molecule has 6 aromatic rings. The molecule has 0 saturated carbocycles. The number of hydrogen-bond donors (Lipinski definition) is 4. The minimum atomic E-state index is 0.0502. The molecule has 0 spiro atoms. The fourth-order valence-electron chi connectivity index (χ4n) is 4.32. The molecule has 8 heteroatoms. The van der Waals surface area contributed by atoms with Gasteiger partial charge in [-0.2, -0.15) is 0 Å². The normalized spacial score (nSPS) is 10.5. The Labute approximate surface area is 237 Å². The molecule has 0 saturated heterocycles. The molecule has 2 heterocycles.